The van der Waals surface area contributed by atoms with Gasteiger partial charge >= 0.3 is 5.97 Å². The summed E-state index contributed by atoms with van der Waals surface area (Å²) < 4.78 is 5.09. The first-order valence-corrected chi connectivity index (χ1v) is 6.93. The smallest absolute Gasteiger partial charge is 0.334 e. The third-order valence-corrected chi connectivity index (χ3v) is 3.62. The summed E-state index contributed by atoms with van der Waals surface area (Å²) >= 11 is 6.09. The number of nitrogens with zero attached hydrogens (tertiary/aromatic N) is 1. The Hall–Kier alpha value is -1.85. The van der Waals surface area contributed by atoms with Gasteiger partial charge in [0, 0.05) is 17.6 Å². The van der Waals surface area contributed by atoms with Gasteiger partial charge in [-0.1, -0.05) is 29.8 Å². The molecule has 21 heavy (non-hydrogen) atoms. The molecular weight excluding hydrogens is 294 g/mol. The van der Waals surface area contributed by atoms with E-state index in [1.807, 2.05) is 18.2 Å². The van der Waals surface area contributed by atoms with E-state index < -0.39 is 12.1 Å². The van der Waals surface area contributed by atoms with Crippen LogP contribution in [0.4, 0.5) is 0 Å². The van der Waals surface area contributed by atoms with E-state index in [1.54, 1.807) is 13.0 Å². The number of halogens is 1. The van der Waals surface area contributed by atoms with Crippen molar-refractivity contribution in [2.24, 2.45) is 0 Å². The average molecular weight is 310 g/mol. The van der Waals surface area contributed by atoms with Crippen molar-refractivity contribution in [2.75, 3.05) is 19.7 Å². The molecule has 1 aromatic carbocycles. The molecule has 0 aromatic heterocycles. The van der Waals surface area contributed by atoms with Gasteiger partial charge in [-0.3, -0.25) is 4.79 Å². The number of carbonyl (C=O) groups excluding carboxylic acids is 1. The summed E-state index contributed by atoms with van der Waals surface area (Å²) in [6.45, 7) is 2.46. The number of allylic oxidation sites excluding steroid dienone is 1. The Kier molecular flexibility index (Phi) is 4.98. The fourth-order valence-electron chi connectivity index (χ4n) is 2.13. The van der Waals surface area contributed by atoms with Gasteiger partial charge < -0.3 is 14.7 Å². The predicted octanol–water partition coefficient (Wildman–Crippen LogP) is 2.06. The Morgan fingerprint density at radius 1 is 1.43 bits per heavy atom. The first-order chi connectivity index (χ1) is 9.99. The van der Waals surface area contributed by atoms with Crippen molar-refractivity contribution < 1.29 is 19.4 Å². The van der Waals surface area contributed by atoms with E-state index in [2.05, 4.69) is 0 Å². The van der Waals surface area contributed by atoms with Crippen LogP contribution in [0.2, 0.25) is 5.02 Å². The molecule has 1 unspecified atom stereocenters. The summed E-state index contributed by atoms with van der Waals surface area (Å²) in [6.07, 6.45) is 0.516. The van der Waals surface area contributed by atoms with Crippen LogP contribution in [0.5, 0.6) is 0 Å². The summed E-state index contributed by atoms with van der Waals surface area (Å²) in [5.74, 6) is -1.29. The van der Waals surface area contributed by atoms with Gasteiger partial charge in [0.2, 0.25) is 5.91 Å². The minimum atomic E-state index is -1.06. The number of benzene rings is 1. The van der Waals surface area contributed by atoms with Crippen molar-refractivity contribution in [1.29, 1.82) is 0 Å². The van der Waals surface area contributed by atoms with Crippen molar-refractivity contribution in [3.05, 3.63) is 40.9 Å². The van der Waals surface area contributed by atoms with Crippen LogP contribution in [-0.4, -0.2) is 47.7 Å². The van der Waals surface area contributed by atoms with Crippen LogP contribution in [0, 0.1) is 0 Å². The van der Waals surface area contributed by atoms with E-state index in [4.69, 9.17) is 21.4 Å². The topological polar surface area (TPSA) is 66.8 Å². The molecular formula is C15H16ClNO4. The van der Waals surface area contributed by atoms with Crippen molar-refractivity contribution in [1.82, 2.24) is 4.90 Å². The van der Waals surface area contributed by atoms with E-state index in [1.165, 1.54) is 11.0 Å². The molecule has 1 saturated heterocycles. The van der Waals surface area contributed by atoms with Crippen LogP contribution in [0.15, 0.2) is 30.3 Å². The molecule has 1 aliphatic rings. The molecule has 1 aliphatic heterocycles. The molecule has 112 valence electrons. The molecule has 0 spiro atoms. The highest BCUT2D eigenvalue weighted by atomic mass is 35.5. The predicted molar refractivity (Wildman–Crippen MR) is 79.1 cm³/mol. The molecule has 0 aliphatic carbocycles. The Bertz CT molecular complexity index is 585. The summed E-state index contributed by atoms with van der Waals surface area (Å²) in [7, 11) is 0. The quantitative estimate of drug-likeness (QED) is 0.868. The lowest BCUT2D eigenvalue weighted by atomic mass is 10.1. The number of amides is 1. The van der Waals surface area contributed by atoms with Crippen LogP contribution in [0.1, 0.15) is 12.5 Å². The van der Waals surface area contributed by atoms with Gasteiger partial charge in [-0.05, 0) is 24.1 Å². The second-order valence-electron chi connectivity index (χ2n) is 4.79. The molecule has 2 rings (SSSR count). The van der Waals surface area contributed by atoms with Gasteiger partial charge in [-0.15, -0.1) is 0 Å². The van der Waals surface area contributed by atoms with Crippen LogP contribution in [0.25, 0.3) is 5.57 Å². The molecule has 0 radical (unpaired) electrons. The van der Waals surface area contributed by atoms with E-state index >= 15 is 0 Å². The molecule has 1 amide bonds. The number of hydrogen-bond donors (Lipinski definition) is 1. The Balaban J connectivity index is 2.11. The first kappa shape index (κ1) is 15.5. The minimum absolute atomic E-state index is 0.0560. The zero-order valence-electron chi connectivity index (χ0n) is 11.6. The highest BCUT2D eigenvalue weighted by molar-refractivity contribution is 6.32. The van der Waals surface area contributed by atoms with Gasteiger partial charge in [-0.25, -0.2) is 4.79 Å². The second kappa shape index (κ2) is 6.74. The van der Waals surface area contributed by atoms with E-state index in [0.29, 0.717) is 11.6 Å². The zero-order valence-corrected chi connectivity index (χ0v) is 12.3. The molecule has 1 N–H and O–H groups in total. The maximum absolute atomic E-state index is 12.2. The fraction of sp³-hybridized carbons (Fsp3) is 0.333. The van der Waals surface area contributed by atoms with Gasteiger partial charge in [0.1, 0.15) is 0 Å². The van der Waals surface area contributed by atoms with Gasteiger partial charge in [0.05, 0.1) is 13.2 Å². The van der Waals surface area contributed by atoms with E-state index in [0.717, 1.165) is 11.1 Å². The van der Waals surface area contributed by atoms with Crippen molar-refractivity contribution in [2.45, 2.75) is 13.0 Å². The number of hydrogen-bond acceptors (Lipinski definition) is 3. The molecule has 5 nitrogen and oxygen atoms in total. The van der Waals surface area contributed by atoms with Gasteiger partial charge in [0.15, 0.2) is 6.10 Å². The van der Waals surface area contributed by atoms with Crippen LogP contribution >= 0.6 is 11.6 Å². The number of ether oxygens (including phenoxy) is 1. The monoisotopic (exact) mass is 309 g/mol. The molecule has 1 atom stereocenters. The number of aliphatic carboxylic acids is 1. The minimum Gasteiger partial charge on any atom is -0.479 e. The highest BCUT2D eigenvalue weighted by Crippen LogP contribution is 2.23. The average Bonchev–Trinajstić information content (AvgIpc) is 2.47. The molecule has 1 heterocycles. The molecule has 0 saturated carbocycles. The van der Waals surface area contributed by atoms with Crippen LogP contribution < -0.4 is 0 Å². The van der Waals surface area contributed by atoms with Crippen LogP contribution in [-0.2, 0) is 14.3 Å². The van der Waals surface area contributed by atoms with Gasteiger partial charge in [-0.2, -0.15) is 0 Å². The normalized spacial score (nSPS) is 19.4. The lowest BCUT2D eigenvalue weighted by Crippen LogP contribution is -2.48. The third-order valence-electron chi connectivity index (χ3n) is 3.29. The van der Waals surface area contributed by atoms with Gasteiger partial charge in [0.25, 0.3) is 0 Å². The molecule has 6 heteroatoms. The number of carbonyl (C=O) groups is 2. The standard InChI is InChI=1S/C15H16ClNO4/c1-10(11-4-2-3-5-12(11)16)8-14(18)17-6-7-21-13(9-17)15(19)20/h2-5,8,13H,6-7,9H2,1H3,(H,19,20). The zero-order chi connectivity index (χ0) is 15.4. The summed E-state index contributed by atoms with van der Waals surface area (Å²) in [6, 6.07) is 7.26. The van der Waals surface area contributed by atoms with Crippen molar-refractivity contribution in [3.63, 3.8) is 0 Å². The van der Waals surface area contributed by atoms with E-state index in [9.17, 15) is 9.59 Å². The maximum Gasteiger partial charge on any atom is 0.334 e. The first-order valence-electron chi connectivity index (χ1n) is 6.55. The lowest BCUT2D eigenvalue weighted by Gasteiger charge is -2.30. The maximum atomic E-state index is 12.2. The van der Waals surface area contributed by atoms with Crippen molar-refractivity contribution >= 4 is 29.1 Å². The Morgan fingerprint density at radius 3 is 2.81 bits per heavy atom. The summed E-state index contributed by atoms with van der Waals surface area (Å²) in [5.41, 5.74) is 1.53. The third kappa shape index (κ3) is 3.83. The second-order valence-corrected chi connectivity index (χ2v) is 5.20. The van der Waals surface area contributed by atoms with E-state index in [-0.39, 0.29) is 19.1 Å². The number of carboxylic acids is 1. The number of morpholine rings is 1. The Morgan fingerprint density at radius 2 is 2.14 bits per heavy atom. The lowest BCUT2D eigenvalue weighted by molar-refractivity contribution is -0.158. The molecule has 1 aromatic rings. The van der Waals surface area contributed by atoms with Crippen LogP contribution in [0.3, 0.4) is 0 Å². The highest BCUT2D eigenvalue weighted by Gasteiger charge is 2.28. The van der Waals surface area contributed by atoms with Crippen molar-refractivity contribution in [3.8, 4) is 0 Å². The largest absolute Gasteiger partial charge is 0.479 e. The fourth-order valence-corrected chi connectivity index (χ4v) is 2.42. The number of carboxylic acid groups (broad SMARTS) is 1. The SMILES string of the molecule is CC(=CC(=O)N1CCOC(C(=O)O)C1)c1ccccc1Cl. The summed E-state index contributed by atoms with van der Waals surface area (Å²) in [4.78, 5) is 24.6. The Labute approximate surface area is 127 Å². The molecule has 0 bridgehead atoms. The molecule has 1 fully saturated rings. The summed E-state index contributed by atoms with van der Waals surface area (Å²) in [5, 5.41) is 9.51. The number of rotatable bonds is 3.